The number of benzene rings is 2. The summed E-state index contributed by atoms with van der Waals surface area (Å²) in [5.74, 6) is 2.07. The number of nitrogens with one attached hydrogen (secondary N) is 1. The lowest BCUT2D eigenvalue weighted by atomic mass is 10.1. The zero-order chi connectivity index (χ0) is 17.1. The number of amides is 1. The first kappa shape index (κ1) is 16.2. The van der Waals surface area contributed by atoms with E-state index in [0.29, 0.717) is 12.2 Å². The van der Waals surface area contributed by atoms with Gasteiger partial charge in [0.05, 0.1) is 20.3 Å². The first-order valence-corrected chi connectivity index (χ1v) is 7.89. The summed E-state index contributed by atoms with van der Waals surface area (Å²) in [5, 5.41) is 3.00. The maximum Gasteiger partial charge on any atom is 0.261 e. The Morgan fingerprint density at radius 2 is 2.00 bits per heavy atom. The molecule has 1 heterocycles. The lowest BCUT2D eigenvalue weighted by Crippen LogP contribution is -2.38. The van der Waals surface area contributed by atoms with E-state index in [2.05, 4.69) is 5.32 Å². The molecule has 0 bridgehead atoms. The largest absolute Gasteiger partial charge is 0.497 e. The van der Waals surface area contributed by atoms with Gasteiger partial charge in [0.25, 0.3) is 5.91 Å². The van der Waals surface area contributed by atoms with E-state index in [1.165, 1.54) is 0 Å². The summed E-state index contributed by atoms with van der Waals surface area (Å²) in [6.45, 7) is 1.91. The van der Waals surface area contributed by atoms with Crippen molar-refractivity contribution < 1.29 is 19.0 Å². The van der Waals surface area contributed by atoms with Gasteiger partial charge >= 0.3 is 0 Å². The van der Waals surface area contributed by atoms with E-state index in [1.807, 2.05) is 49.4 Å². The molecule has 5 heteroatoms. The third kappa shape index (κ3) is 3.15. The molecule has 126 valence electrons. The molecular weight excluding hydrogens is 306 g/mol. The van der Waals surface area contributed by atoms with Gasteiger partial charge in [0.15, 0.2) is 6.10 Å². The maximum absolute atomic E-state index is 12.5. The number of para-hydroxylation sites is 1. The summed E-state index contributed by atoms with van der Waals surface area (Å²) in [4.78, 5) is 12.5. The Morgan fingerprint density at radius 1 is 1.21 bits per heavy atom. The van der Waals surface area contributed by atoms with E-state index < -0.39 is 6.10 Å². The Kier molecular flexibility index (Phi) is 4.60. The zero-order valence-electron chi connectivity index (χ0n) is 14.0. The molecule has 1 aliphatic heterocycles. The smallest absolute Gasteiger partial charge is 0.261 e. The number of carbonyl (C=O) groups excluding carboxylic acids is 1. The molecule has 0 saturated carbocycles. The van der Waals surface area contributed by atoms with Gasteiger partial charge in [0.1, 0.15) is 17.2 Å². The van der Waals surface area contributed by atoms with Gasteiger partial charge in [0, 0.05) is 12.0 Å². The van der Waals surface area contributed by atoms with E-state index >= 15 is 0 Å². The van der Waals surface area contributed by atoms with Gasteiger partial charge in [-0.15, -0.1) is 0 Å². The van der Waals surface area contributed by atoms with Crippen LogP contribution in [0.2, 0.25) is 0 Å². The molecule has 0 saturated heterocycles. The molecule has 1 amide bonds. The predicted molar refractivity (Wildman–Crippen MR) is 90.7 cm³/mol. The van der Waals surface area contributed by atoms with Crippen molar-refractivity contribution in [2.45, 2.75) is 25.5 Å². The quantitative estimate of drug-likeness (QED) is 0.917. The highest BCUT2D eigenvalue weighted by atomic mass is 16.5. The predicted octanol–water partition coefficient (Wildman–Crippen LogP) is 2.88. The summed E-state index contributed by atoms with van der Waals surface area (Å²) in [6.07, 6.45) is 0.0886. The summed E-state index contributed by atoms with van der Waals surface area (Å²) >= 11 is 0. The lowest BCUT2D eigenvalue weighted by Gasteiger charge is -2.20. The van der Waals surface area contributed by atoms with Crippen molar-refractivity contribution in [2.24, 2.45) is 0 Å². The molecular formula is C19H21NO4. The molecule has 5 nitrogen and oxygen atoms in total. The molecule has 0 radical (unpaired) electrons. The van der Waals surface area contributed by atoms with E-state index in [0.717, 1.165) is 22.6 Å². The van der Waals surface area contributed by atoms with Crippen LogP contribution in [0.15, 0.2) is 42.5 Å². The minimum absolute atomic E-state index is 0.136. The fraction of sp³-hybridized carbons (Fsp3) is 0.316. The molecule has 24 heavy (non-hydrogen) atoms. The molecule has 3 rings (SSSR count). The van der Waals surface area contributed by atoms with Crippen LogP contribution in [0.25, 0.3) is 0 Å². The van der Waals surface area contributed by atoms with Crippen molar-refractivity contribution in [3.63, 3.8) is 0 Å². The molecule has 0 fully saturated rings. The van der Waals surface area contributed by atoms with Crippen LogP contribution >= 0.6 is 0 Å². The van der Waals surface area contributed by atoms with Crippen molar-refractivity contribution in [2.75, 3.05) is 14.2 Å². The van der Waals surface area contributed by atoms with Crippen LogP contribution in [-0.2, 0) is 11.2 Å². The zero-order valence-corrected chi connectivity index (χ0v) is 14.0. The Bertz CT molecular complexity index is 719. The third-order valence-corrected chi connectivity index (χ3v) is 4.20. The van der Waals surface area contributed by atoms with Gasteiger partial charge in [-0.2, -0.15) is 0 Å². The Labute approximate surface area is 141 Å². The topological polar surface area (TPSA) is 56.8 Å². The van der Waals surface area contributed by atoms with Crippen LogP contribution in [0.1, 0.15) is 24.1 Å². The second-order valence-corrected chi connectivity index (χ2v) is 5.76. The molecule has 0 unspecified atom stereocenters. The molecule has 0 aromatic heterocycles. The minimum atomic E-state index is -0.499. The molecule has 1 N–H and O–H groups in total. The van der Waals surface area contributed by atoms with Crippen molar-refractivity contribution in [1.29, 1.82) is 0 Å². The van der Waals surface area contributed by atoms with Gasteiger partial charge in [-0.1, -0.05) is 18.2 Å². The van der Waals surface area contributed by atoms with E-state index in [9.17, 15) is 4.79 Å². The first-order valence-electron chi connectivity index (χ1n) is 7.89. The Morgan fingerprint density at radius 3 is 2.71 bits per heavy atom. The number of fused-ring (bicyclic) bond motifs is 1. The van der Waals surface area contributed by atoms with Crippen LogP contribution in [-0.4, -0.2) is 26.2 Å². The number of ether oxygens (including phenoxy) is 3. The van der Waals surface area contributed by atoms with Crippen LogP contribution < -0.4 is 19.5 Å². The second kappa shape index (κ2) is 6.83. The van der Waals surface area contributed by atoms with Crippen molar-refractivity contribution >= 4 is 5.91 Å². The number of methoxy groups -OCH3 is 2. The number of hydrogen-bond donors (Lipinski definition) is 1. The van der Waals surface area contributed by atoms with Crippen molar-refractivity contribution in [1.82, 2.24) is 5.32 Å². The minimum Gasteiger partial charge on any atom is -0.497 e. The van der Waals surface area contributed by atoms with Gasteiger partial charge in [0.2, 0.25) is 0 Å². The van der Waals surface area contributed by atoms with E-state index in [1.54, 1.807) is 14.2 Å². The second-order valence-electron chi connectivity index (χ2n) is 5.76. The van der Waals surface area contributed by atoms with Crippen LogP contribution in [0, 0.1) is 0 Å². The lowest BCUT2D eigenvalue weighted by molar-refractivity contribution is -0.127. The molecule has 2 aromatic carbocycles. The molecule has 1 aliphatic rings. The van der Waals surface area contributed by atoms with Gasteiger partial charge in [-0.25, -0.2) is 0 Å². The first-order chi connectivity index (χ1) is 11.6. The summed E-state index contributed by atoms with van der Waals surface area (Å²) in [6, 6.07) is 13.0. The standard InChI is InChI=1S/C19H21NO4/c1-12(15-11-14(22-2)8-9-17(15)23-3)20-19(21)18-10-13-6-4-5-7-16(13)24-18/h4-9,11-12,18H,10H2,1-3H3,(H,20,21)/t12-,18+/m0/s1. The average Bonchev–Trinajstić information content (AvgIpc) is 3.05. The number of hydrogen-bond acceptors (Lipinski definition) is 4. The summed E-state index contributed by atoms with van der Waals surface area (Å²) in [7, 11) is 3.22. The van der Waals surface area contributed by atoms with Gasteiger partial charge in [-0.3, -0.25) is 4.79 Å². The number of carbonyl (C=O) groups is 1. The van der Waals surface area contributed by atoms with Crippen molar-refractivity contribution in [3.05, 3.63) is 53.6 Å². The fourth-order valence-electron chi connectivity index (χ4n) is 2.89. The number of rotatable bonds is 5. The highest BCUT2D eigenvalue weighted by Crippen LogP contribution is 2.31. The maximum atomic E-state index is 12.5. The van der Waals surface area contributed by atoms with Gasteiger partial charge in [-0.05, 0) is 36.8 Å². The van der Waals surface area contributed by atoms with E-state index in [4.69, 9.17) is 14.2 Å². The monoisotopic (exact) mass is 327 g/mol. The van der Waals surface area contributed by atoms with Crippen LogP contribution in [0.3, 0.4) is 0 Å². The highest BCUT2D eigenvalue weighted by molar-refractivity contribution is 5.83. The molecule has 2 aromatic rings. The SMILES string of the molecule is COc1ccc(OC)c([C@H](C)NC(=O)[C@H]2Cc3ccccc3O2)c1. The molecule has 0 spiro atoms. The highest BCUT2D eigenvalue weighted by Gasteiger charge is 2.30. The third-order valence-electron chi connectivity index (χ3n) is 4.20. The molecule has 2 atom stereocenters. The fourth-order valence-corrected chi connectivity index (χ4v) is 2.89. The normalized spacial score (nSPS) is 16.7. The summed E-state index contributed by atoms with van der Waals surface area (Å²) < 4.78 is 16.4. The molecule has 0 aliphatic carbocycles. The van der Waals surface area contributed by atoms with Crippen LogP contribution in [0.5, 0.6) is 17.2 Å². The Balaban J connectivity index is 1.71. The Hall–Kier alpha value is -2.69. The average molecular weight is 327 g/mol. The van der Waals surface area contributed by atoms with Crippen molar-refractivity contribution in [3.8, 4) is 17.2 Å². The van der Waals surface area contributed by atoms with Gasteiger partial charge < -0.3 is 19.5 Å². The van der Waals surface area contributed by atoms with Crippen LogP contribution in [0.4, 0.5) is 0 Å². The summed E-state index contributed by atoms with van der Waals surface area (Å²) in [5.41, 5.74) is 1.92. The van der Waals surface area contributed by atoms with E-state index in [-0.39, 0.29) is 11.9 Å².